The summed E-state index contributed by atoms with van der Waals surface area (Å²) < 4.78 is 7.93. The number of benzene rings is 1. The molecule has 0 amide bonds. The first-order chi connectivity index (χ1) is 9.26. The van der Waals surface area contributed by atoms with E-state index in [1.54, 1.807) is 0 Å². The van der Waals surface area contributed by atoms with Crippen molar-refractivity contribution < 1.29 is 4.74 Å². The zero-order valence-electron chi connectivity index (χ0n) is 12.0. The zero-order valence-corrected chi connectivity index (χ0v) is 12.8. The van der Waals surface area contributed by atoms with Crippen molar-refractivity contribution in [3.63, 3.8) is 0 Å². The van der Waals surface area contributed by atoms with Gasteiger partial charge in [0, 0.05) is 29.6 Å². The first kappa shape index (κ1) is 14.7. The number of halogens is 1. The molecule has 3 aromatic rings. The number of aryl methyl sites for hydroxylation is 2. The third-order valence-electron chi connectivity index (χ3n) is 3.55. The number of fused-ring (bicyclic) bond motifs is 3. The number of rotatable bonds is 3. The minimum Gasteiger partial charge on any atom is -0.494 e. The Bertz CT molecular complexity index is 749. The summed E-state index contributed by atoms with van der Waals surface area (Å²) in [4.78, 5) is 4.42. The molecule has 0 atom stereocenters. The Hall–Kier alpha value is -1.74. The molecule has 20 heavy (non-hydrogen) atoms. The minimum absolute atomic E-state index is 0. The van der Waals surface area contributed by atoms with Crippen molar-refractivity contribution in [2.24, 2.45) is 0 Å². The fourth-order valence-electron chi connectivity index (χ4n) is 2.78. The first-order valence-corrected chi connectivity index (χ1v) is 6.76. The Balaban J connectivity index is 0.00000147. The monoisotopic (exact) mass is 290 g/mol. The fourth-order valence-corrected chi connectivity index (χ4v) is 2.78. The highest BCUT2D eigenvalue weighted by Gasteiger charge is 2.12. The number of hydrogen-bond acceptors (Lipinski definition) is 2. The second-order valence-corrected chi connectivity index (χ2v) is 4.65. The molecule has 0 radical (unpaired) electrons. The predicted molar refractivity (Wildman–Crippen MR) is 86.1 cm³/mol. The fraction of sp³-hybridized carbons (Fsp3) is 0.312. The van der Waals surface area contributed by atoms with Crippen LogP contribution in [0.15, 0.2) is 30.5 Å². The van der Waals surface area contributed by atoms with Crippen LogP contribution in [0, 0.1) is 6.92 Å². The second-order valence-electron chi connectivity index (χ2n) is 4.65. The van der Waals surface area contributed by atoms with Crippen LogP contribution in [0.4, 0.5) is 0 Å². The second kappa shape index (κ2) is 5.71. The van der Waals surface area contributed by atoms with Gasteiger partial charge < -0.3 is 9.30 Å². The number of aromatic nitrogens is 2. The van der Waals surface area contributed by atoms with Crippen LogP contribution < -0.4 is 4.74 Å². The lowest BCUT2D eigenvalue weighted by Crippen LogP contribution is -1.96. The van der Waals surface area contributed by atoms with E-state index in [1.807, 2.05) is 19.2 Å². The molecule has 0 N–H and O–H groups in total. The van der Waals surface area contributed by atoms with Gasteiger partial charge in [-0.3, -0.25) is 4.98 Å². The molecule has 0 aliphatic rings. The lowest BCUT2D eigenvalue weighted by atomic mass is 10.1. The van der Waals surface area contributed by atoms with Crippen molar-refractivity contribution in [3.05, 3.63) is 36.2 Å². The third kappa shape index (κ3) is 2.12. The summed E-state index contributed by atoms with van der Waals surface area (Å²) in [7, 11) is 0. The Morgan fingerprint density at radius 1 is 1.15 bits per heavy atom. The normalized spacial score (nSPS) is 10.8. The van der Waals surface area contributed by atoms with Gasteiger partial charge in [0.25, 0.3) is 0 Å². The Morgan fingerprint density at radius 2 is 1.95 bits per heavy atom. The molecule has 1 aromatic carbocycles. The van der Waals surface area contributed by atoms with E-state index in [-0.39, 0.29) is 12.4 Å². The van der Waals surface area contributed by atoms with Crippen molar-refractivity contribution in [2.45, 2.75) is 27.3 Å². The molecule has 0 aliphatic carbocycles. The minimum atomic E-state index is 0. The highest BCUT2D eigenvalue weighted by Crippen LogP contribution is 2.32. The summed E-state index contributed by atoms with van der Waals surface area (Å²) in [6.45, 7) is 7.86. The third-order valence-corrected chi connectivity index (χ3v) is 3.55. The van der Waals surface area contributed by atoms with Crippen molar-refractivity contribution in [1.82, 2.24) is 9.55 Å². The molecule has 2 aromatic heterocycles. The molecular weight excluding hydrogens is 272 g/mol. The predicted octanol–water partition coefficient (Wildman–Crippen LogP) is 4.34. The van der Waals surface area contributed by atoms with Gasteiger partial charge in [0.05, 0.1) is 23.3 Å². The van der Waals surface area contributed by atoms with Crippen molar-refractivity contribution in [2.75, 3.05) is 6.61 Å². The van der Waals surface area contributed by atoms with Crippen LogP contribution in [0.25, 0.3) is 21.8 Å². The van der Waals surface area contributed by atoms with E-state index in [1.165, 1.54) is 21.8 Å². The molecule has 0 saturated heterocycles. The summed E-state index contributed by atoms with van der Waals surface area (Å²) in [5.74, 6) is 0.929. The van der Waals surface area contributed by atoms with E-state index < -0.39 is 0 Å². The van der Waals surface area contributed by atoms with Gasteiger partial charge in [0.15, 0.2) is 0 Å². The van der Waals surface area contributed by atoms with Gasteiger partial charge in [-0.1, -0.05) is 0 Å². The molecule has 0 bridgehead atoms. The largest absolute Gasteiger partial charge is 0.494 e. The topological polar surface area (TPSA) is 27.1 Å². The number of pyridine rings is 1. The summed E-state index contributed by atoms with van der Waals surface area (Å²) in [5.41, 5.74) is 3.53. The maximum Gasteiger partial charge on any atom is 0.121 e. The average molecular weight is 291 g/mol. The standard InChI is InChI=1S/C16H18N2O.ClH/c1-4-18-15-10-12(19-5-2)6-7-13(15)14-8-9-17-11(3)16(14)18;/h6-10H,4-5H2,1-3H3;1H. The number of ether oxygens (including phenoxy) is 1. The van der Waals surface area contributed by atoms with Crippen molar-refractivity contribution in [3.8, 4) is 5.75 Å². The van der Waals surface area contributed by atoms with E-state index >= 15 is 0 Å². The maximum absolute atomic E-state index is 5.61. The van der Waals surface area contributed by atoms with E-state index in [0.717, 1.165) is 18.0 Å². The highest BCUT2D eigenvalue weighted by molar-refractivity contribution is 6.08. The Morgan fingerprint density at radius 3 is 2.65 bits per heavy atom. The summed E-state index contributed by atoms with van der Waals surface area (Å²) in [6, 6.07) is 8.41. The molecule has 0 aliphatic heterocycles. The summed E-state index contributed by atoms with van der Waals surface area (Å²) in [6.07, 6.45) is 1.88. The van der Waals surface area contributed by atoms with Gasteiger partial charge in [-0.25, -0.2) is 0 Å². The Labute approximate surface area is 125 Å². The zero-order chi connectivity index (χ0) is 13.4. The molecule has 106 valence electrons. The van der Waals surface area contributed by atoms with E-state index in [2.05, 4.69) is 41.6 Å². The van der Waals surface area contributed by atoms with E-state index in [9.17, 15) is 0 Å². The van der Waals surface area contributed by atoms with Gasteiger partial charge in [0.2, 0.25) is 0 Å². The van der Waals surface area contributed by atoms with Gasteiger partial charge in [-0.15, -0.1) is 12.4 Å². The summed E-state index contributed by atoms with van der Waals surface area (Å²) >= 11 is 0. The lowest BCUT2D eigenvalue weighted by molar-refractivity contribution is 0.340. The van der Waals surface area contributed by atoms with Gasteiger partial charge in [-0.2, -0.15) is 0 Å². The smallest absolute Gasteiger partial charge is 0.121 e. The molecule has 3 rings (SSSR count). The number of nitrogens with zero attached hydrogens (tertiary/aromatic N) is 2. The van der Waals surface area contributed by atoms with E-state index in [0.29, 0.717) is 6.61 Å². The van der Waals surface area contributed by atoms with Crippen LogP contribution in [-0.2, 0) is 6.54 Å². The quantitative estimate of drug-likeness (QED) is 0.717. The number of hydrogen-bond donors (Lipinski definition) is 0. The molecule has 2 heterocycles. The van der Waals surface area contributed by atoms with Crippen molar-refractivity contribution in [1.29, 1.82) is 0 Å². The molecule has 0 saturated carbocycles. The van der Waals surface area contributed by atoms with Crippen molar-refractivity contribution >= 4 is 34.2 Å². The molecular formula is C16H19ClN2O. The van der Waals surface area contributed by atoms with Gasteiger partial charge >= 0.3 is 0 Å². The summed E-state index contributed by atoms with van der Waals surface area (Å²) in [5, 5.41) is 2.54. The van der Waals surface area contributed by atoms with E-state index in [4.69, 9.17) is 4.74 Å². The first-order valence-electron chi connectivity index (χ1n) is 6.76. The average Bonchev–Trinajstić information content (AvgIpc) is 2.74. The van der Waals surface area contributed by atoms with Crippen LogP contribution >= 0.6 is 12.4 Å². The maximum atomic E-state index is 5.61. The van der Waals surface area contributed by atoms with Crippen LogP contribution in [0.5, 0.6) is 5.75 Å². The van der Waals surface area contributed by atoms with Gasteiger partial charge in [0.1, 0.15) is 5.75 Å². The highest BCUT2D eigenvalue weighted by atomic mass is 35.5. The van der Waals surface area contributed by atoms with Crippen LogP contribution in [0.2, 0.25) is 0 Å². The molecule has 3 nitrogen and oxygen atoms in total. The van der Waals surface area contributed by atoms with Crippen LogP contribution in [0.1, 0.15) is 19.5 Å². The van der Waals surface area contributed by atoms with Crippen LogP contribution in [0.3, 0.4) is 0 Å². The van der Waals surface area contributed by atoms with Crippen LogP contribution in [-0.4, -0.2) is 16.2 Å². The molecule has 0 fully saturated rings. The van der Waals surface area contributed by atoms with Gasteiger partial charge in [-0.05, 0) is 39.0 Å². The molecule has 0 spiro atoms. The molecule has 0 unspecified atom stereocenters. The molecule has 4 heteroatoms. The Kier molecular flexibility index (Phi) is 4.19. The SMILES string of the molecule is CCOc1ccc2c3ccnc(C)c3n(CC)c2c1.Cl. The lowest BCUT2D eigenvalue weighted by Gasteiger charge is -2.06.